The Kier molecular flexibility index (Phi) is 4.66. The fourth-order valence-electron chi connectivity index (χ4n) is 3.67. The van der Waals surface area contributed by atoms with Crippen molar-refractivity contribution in [2.24, 2.45) is 16.6 Å². The Bertz CT molecular complexity index is 1010. The van der Waals surface area contributed by atoms with E-state index in [0.717, 1.165) is 12.1 Å². The molecule has 1 fully saturated rings. The van der Waals surface area contributed by atoms with Crippen LogP contribution >= 0.6 is 11.8 Å². The van der Waals surface area contributed by atoms with Gasteiger partial charge in [0, 0.05) is 34.4 Å². The number of carbonyl (C=O) groups excluding carboxylic acids is 2. The number of benzene rings is 2. The highest BCUT2D eigenvalue weighted by Crippen LogP contribution is 2.47. The van der Waals surface area contributed by atoms with E-state index >= 15 is 0 Å². The number of thioether (sulfide) groups is 1. The summed E-state index contributed by atoms with van der Waals surface area (Å²) in [6, 6.07) is 10.1. The molecule has 2 N–H and O–H groups in total. The molecule has 2 heterocycles. The molecule has 0 aromatic heterocycles. The Hall–Kier alpha value is -2.74. The number of esters is 1. The third-order valence-corrected chi connectivity index (χ3v) is 6.24. The average Bonchev–Trinajstić information content (AvgIpc) is 2.67. The van der Waals surface area contributed by atoms with Crippen molar-refractivity contribution in [2.75, 3.05) is 12.4 Å². The molecule has 4 rings (SSSR count). The van der Waals surface area contributed by atoms with Crippen molar-refractivity contribution < 1.29 is 23.1 Å². The molecular weight excluding hydrogens is 386 g/mol. The number of primary amides is 1. The molecule has 1 saturated heterocycles. The predicted octanol–water partition coefficient (Wildman–Crippen LogP) is 3.02. The minimum absolute atomic E-state index is 0.0814. The van der Waals surface area contributed by atoms with Crippen LogP contribution in [-0.2, 0) is 15.1 Å². The van der Waals surface area contributed by atoms with Crippen LogP contribution < -0.4 is 5.73 Å². The van der Waals surface area contributed by atoms with Crippen LogP contribution in [0.4, 0.5) is 8.78 Å². The van der Waals surface area contributed by atoms with E-state index in [1.165, 1.54) is 17.8 Å². The Labute approximate surface area is 164 Å². The van der Waals surface area contributed by atoms with E-state index in [2.05, 4.69) is 0 Å². The van der Waals surface area contributed by atoms with Crippen molar-refractivity contribution in [3.8, 4) is 0 Å². The van der Waals surface area contributed by atoms with E-state index in [4.69, 9.17) is 15.5 Å². The SMILES string of the molecule is NC(=O)c1ccccc1C1=N[C@@]2(c3ccc(F)cc3F)COC(=O)C[C@H]2CS1. The first-order valence-corrected chi connectivity index (χ1v) is 9.62. The van der Waals surface area contributed by atoms with Gasteiger partial charge in [0.2, 0.25) is 5.91 Å². The number of nitrogens with zero attached hydrogens (tertiary/aromatic N) is 1. The van der Waals surface area contributed by atoms with Gasteiger partial charge in [-0.2, -0.15) is 0 Å². The van der Waals surface area contributed by atoms with Crippen LogP contribution in [0.2, 0.25) is 0 Å². The first-order valence-electron chi connectivity index (χ1n) is 8.64. The Morgan fingerprint density at radius 2 is 2.04 bits per heavy atom. The lowest BCUT2D eigenvalue weighted by Crippen LogP contribution is -2.48. The number of aliphatic imine (C=N–C) groups is 1. The van der Waals surface area contributed by atoms with Gasteiger partial charge >= 0.3 is 5.97 Å². The number of halogens is 2. The molecule has 2 aliphatic heterocycles. The molecule has 8 heteroatoms. The Morgan fingerprint density at radius 1 is 1.25 bits per heavy atom. The van der Waals surface area contributed by atoms with Crippen molar-refractivity contribution in [3.05, 3.63) is 70.8 Å². The van der Waals surface area contributed by atoms with E-state index in [9.17, 15) is 18.4 Å². The predicted molar refractivity (Wildman–Crippen MR) is 101 cm³/mol. The number of carbonyl (C=O) groups is 2. The Balaban J connectivity index is 1.90. The third kappa shape index (κ3) is 3.07. The summed E-state index contributed by atoms with van der Waals surface area (Å²) >= 11 is 1.38. The molecule has 2 atom stereocenters. The van der Waals surface area contributed by atoms with Gasteiger partial charge < -0.3 is 10.5 Å². The lowest BCUT2D eigenvalue weighted by atomic mass is 9.76. The van der Waals surface area contributed by atoms with E-state index in [1.54, 1.807) is 24.3 Å². The van der Waals surface area contributed by atoms with Gasteiger partial charge in [-0.25, -0.2) is 8.78 Å². The van der Waals surface area contributed by atoms with Crippen molar-refractivity contribution in [3.63, 3.8) is 0 Å². The number of ether oxygens (including phenoxy) is 1. The molecular formula is C20H16F2N2O3S. The fourth-order valence-corrected chi connectivity index (χ4v) is 4.99. The van der Waals surface area contributed by atoms with E-state index in [1.807, 2.05) is 0 Å². The molecule has 28 heavy (non-hydrogen) atoms. The summed E-state index contributed by atoms with van der Waals surface area (Å²) in [5.41, 5.74) is 5.31. The van der Waals surface area contributed by atoms with Crippen molar-refractivity contribution in [2.45, 2.75) is 12.0 Å². The lowest BCUT2D eigenvalue weighted by molar-refractivity contribution is -0.154. The number of cyclic esters (lactones) is 1. The van der Waals surface area contributed by atoms with Gasteiger partial charge in [-0.1, -0.05) is 24.3 Å². The zero-order chi connectivity index (χ0) is 19.9. The molecule has 0 saturated carbocycles. The van der Waals surface area contributed by atoms with Crippen LogP contribution in [0.5, 0.6) is 0 Å². The quantitative estimate of drug-likeness (QED) is 0.801. The summed E-state index contributed by atoms with van der Waals surface area (Å²) in [4.78, 5) is 28.4. The number of hydrogen-bond donors (Lipinski definition) is 1. The van der Waals surface area contributed by atoms with Gasteiger partial charge in [0.25, 0.3) is 0 Å². The normalized spacial score (nSPS) is 24.1. The minimum Gasteiger partial charge on any atom is -0.463 e. The second-order valence-corrected chi connectivity index (χ2v) is 7.76. The summed E-state index contributed by atoms with van der Waals surface area (Å²) < 4.78 is 33.4. The number of nitrogens with two attached hydrogens (primary N) is 1. The molecule has 2 aromatic carbocycles. The number of hydrogen-bond acceptors (Lipinski definition) is 5. The molecule has 0 aliphatic carbocycles. The molecule has 2 aromatic rings. The molecule has 2 aliphatic rings. The maximum absolute atomic E-state index is 14.7. The molecule has 0 bridgehead atoms. The van der Waals surface area contributed by atoms with Crippen LogP contribution in [-0.4, -0.2) is 29.3 Å². The van der Waals surface area contributed by atoms with E-state index < -0.39 is 23.1 Å². The van der Waals surface area contributed by atoms with Gasteiger partial charge in [-0.15, -0.1) is 11.8 Å². The molecule has 5 nitrogen and oxygen atoms in total. The molecule has 1 amide bonds. The van der Waals surface area contributed by atoms with Crippen molar-refractivity contribution in [1.82, 2.24) is 0 Å². The summed E-state index contributed by atoms with van der Waals surface area (Å²) in [7, 11) is 0. The fraction of sp³-hybridized carbons (Fsp3) is 0.250. The molecule has 144 valence electrons. The zero-order valence-corrected chi connectivity index (χ0v) is 15.5. The van der Waals surface area contributed by atoms with Crippen LogP contribution in [0, 0.1) is 17.6 Å². The lowest BCUT2D eigenvalue weighted by Gasteiger charge is -2.43. The van der Waals surface area contributed by atoms with Crippen LogP contribution in [0.25, 0.3) is 0 Å². The standard InChI is InChI=1S/C20H16F2N2O3S/c21-12-5-6-15(16(22)8-12)20-10-27-17(25)7-11(20)9-28-19(24-20)14-4-2-1-3-13(14)18(23)26/h1-6,8,11H,7,9-10H2,(H2,23,26)/t11-,20-/m0/s1. The van der Waals surface area contributed by atoms with Gasteiger partial charge in [0.1, 0.15) is 23.8 Å². The maximum atomic E-state index is 14.7. The number of amides is 1. The second-order valence-electron chi connectivity index (χ2n) is 6.75. The summed E-state index contributed by atoms with van der Waals surface area (Å²) in [5, 5.41) is 0.507. The number of fused-ring (bicyclic) bond motifs is 1. The minimum atomic E-state index is -1.18. The smallest absolute Gasteiger partial charge is 0.306 e. The number of rotatable bonds is 3. The highest BCUT2D eigenvalue weighted by Gasteiger charge is 2.50. The Morgan fingerprint density at radius 3 is 2.79 bits per heavy atom. The summed E-state index contributed by atoms with van der Waals surface area (Å²) in [5.74, 6) is -2.27. The van der Waals surface area contributed by atoms with Gasteiger partial charge in [0.05, 0.1) is 11.5 Å². The monoisotopic (exact) mass is 402 g/mol. The van der Waals surface area contributed by atoms with Crippen molar-refractivity contribution >= 4 is 28.7 Å². The van der Waals surface area contributed by atoms with Crippen LogP contribution in [0.1, 0.15) is 27.9 Å². The molecule has 0 unspecified atom stereocenters. The largest absolute Gasteiger partial charge is 0.463 e. The first-order chi connectivity index (χ1) is 13.4. The zero-order valence-electron chi connectivity index (χ0n) is 14.7. The topological polar surface area (TPSA) is 81.8 Å². The van der Waals surface area contributed by atoms with E-state index in [0.29, 0.717) is 21.9 Å². The van der Waals surface area contributed by atoms with Crippen molar-refractivity contribution in [1.29, 1.82) is 0 Å². The van der Waals surface area contributed by atoms with Crippen LogP contribution in [0.3, 0.4) is 0 Å². The maximum Gasteiger partial charge on any atom is 0.306 e. The molecule has 0 spiro atoms. The highest BCUT2D eigenvalue weighted by atomic mass is 32.2. The third-order valence-electron chi connectivity index (χ3n) is 5.08. The summed E-state index contributed by atoms with van der Waals surface area (Å²) in [6.07, 6.45) is 0.0814. The first kappa shape index (κ1) is 18.6. The van der Waals surface area contributed by atoms with Gasteiger partial charge in [-0.05, 0) is 12.1 Å². The average molecular weight is 402 g/mol. The second kappa shape index (κ2) is 7.01. The molecule has 0 radical (unpaired) electrons. The summed E-state index contributed by atoms with van der Waals surface area (Å²) in [6.45, 7) is -0.151. The van der Waals surface area contributed by atoms with Gasteiger partial charge in [0.15, 0.2) is 0 Å². The van der Waals surface area contributed by atoms with E-state index in [-0.39, 0.29) is 30.5 Å². The van der Waals surface area contributed by atoms with Gasteiger partial charge in [-0.3, -0.25) is 14.6 Å². The van der Waals surface area contributed by atoms with Crippen LogP contribution in [0.15, 0.2) is 47.5 Å². The highest BCUT2D eigenvalue weighted by molar-refractivity contribution is 8.14.